The first-order chi connectivity index (χ1) is 8.77. The summed E-state index contributed by atoms with van der Waals surface area (Å²) in [6, 6.07) is 1.81. The summed E-state index contributed by atoms with van der Waals surface area (Å²) in [5.74, 6) is -0.687. The molecule has 0 amide bonds. The average molecular weight is 275 g/mol. The second-order valence-electron chi connectivity index (χ2n) is 4.46. The maximum Gasteiger partial charge on any atom is 0.416 e. The van der Waals surface area contributed by atoms with Gasteiger partial charge in [0.15, 0.2) is 0 Å². The van der Waals surface area contributed by atoms with E-state index in [0.717, 1.165) is 24.6 Å². The normalized spacial score (nSPS) is 13.4. The Labute approximate surface area is 110 Å². The van der Waals surface area contributed by atoms with Crippen LogP contribution in [0.5, 0.6) is 0 Å². The molecule has 1 nitrogen and oxygen atoms in total. The molecule has 0 saturated carbocycles. The van der Waals surface area contributed by atoms with Crippen LogP contribution < -0.4 is 5.32 Å². The van der Waals surface area contributed by atoms with Crippen LogP contribution in [0.2, 0.25) is 0 Å². The minimum atomic E-state index is -4.51. The highest BCUT2D eigenvalue weighted by atomic mass is 19.4. The summed E-state index contributed by atoms with van der Waals surface area (Å²) in [5, 5.41) is 2.96. The van der Waals surface area contributed by atoms with Crippen molar-refractivity contribution in [1.82, 2.24) is 5.32 Å². The molecule has 1 rings (SSSR count). The van der Waals surface area contributed by atoms with Gasteiger partial charge >= 0.3 is 6.18 Å². The number of hydrogen-bond acceptors (Lipinski definition) is 1. The van der Waals surface area contributed by atoms with Crippen molar-refractivity contribution in [2.24, 2.45) is 0 Å². The van der Waals surface area contributed by atoms with E-state index in [9.17, 15) is 17.6 Å². The summed E-state index contributed by atoms with van der Waals surface area (Å²) in [6.07, 6.45) is -3.74. The third-order valence-corrected chi connectivity index (χ3v) is 2.72. The van der Waals surface area contributed by atoms with E-state index < -0.39 is 23.6 Å². The molecule has 0 saturated heterocycles. The summed E-state index contributed by atoms with van der Waals surface area (Å²) in [4.78, 5) is 0. The van der Waals surface area contributed by atoms with Crippen molar-refractivity contribution in [3.8, 4) is 0 Å². The Hall–Kier alpha value is -1.36. The molecule has 1 aromatic rings. The van der Waals surface area contributed by atoms with Gasteiger partial charge in [-0.3, -0.25) is 0 Å². The molecular weight excluding hydrogens is 258 g/mol. The van der Waals surface area contributed by atoms with Gasteiger partial charge in [0.1, 0.15) is 5.82 Å². The zero-order valence-electron chi connectivity index (χ0n) is 10.9. The average Bonchev–Trinajstić information content (AvgIpc) is 2.27. The minimum absolute atomic E-state index is 0.117. The monoisotopic (exact) mass is 275 g/mol. The third kappa shape index (κ3) is 4.06. The first-order valence-corrected chi connectivity index (χ1v) is 6.02. The van der Waals surface area contributed by atoms with Crippen molar-refractivity contribution in [1.29, 1.82) is 0 Å². The van der Waals surface area contributed by atoms with Gasteiger partial charge in [-0.25, -0.2) is 4.39 Å². The zero-order valence-corrected chi connectivity index (χ0v) is 10.9. The Balaban J connectivity index is 3.27. The number of hydrogen-bond donors (Lipinski definition) is 1. The first-order valence-electron chi connectivity index (χ1n) is 6.02. The quantitative estimate of drug-likeness (QED) is 0.618. The maximum absolute atomic E-state index is 13.3. The minimum Gasteiger partial charge on any atom is -0.307 e. The van der Waals surface area contributed by atoms with Gasteiger partial charge in [-0.1, -0.05) is 19.1 Å². The van der Waals surface area contributed by atoms with Crippen molar-refractivity contribution in [2.75, 3.05) is 6.54 Å². The van der Waals surface area contributed by atoms with E-state index in [0.29, 0.717) is 12.1 Å². The van der Waals surface area contributed by atoms with Crippen LogP contribution in [0.4, 0.5) is 17.6 Å². The molecule has 0 aromatic heterocycles. The summed E-state index contributed by atoms with van der Waals surface area (Å²) >= 11 is 0. The van der Waals surface area contributed by atoms with Crippen molar-refractivity contribution in [2.45, 2.75) is 32.5 Å². The van der Waals surface area contributed by atoms with E-state index in [-0.39, 0.29) is 5.56 Å². The lowest BCUT2D eigenvalue weighted by Gasteiger charge is -2.23. The van der Waals surface area contributed by atoms with E-state index in [1.165, 1.54) is 0 Å². The van der Waals surface area contributed by atoms with Gasteiger partial charge < -0.3 is 5.32 Å². The van der Waals surface area contributed by atoms with Crippen LogP contribution in [0.1, 0.15) is 37.4 Å². The van der Waals surface area contributed by atoms with Crippen molar-refractivity contribution in [3.05, 3.63) is 47.3 Å². The van der Waals surface area contributed by atoms with Gasteiger partial charge in [0.05, 0.1) is 11.6 Å². The number of halogens is 4. The van der Waals surface area contributed by atoms with Crippen molar-refractivity contribution in [3.63, 3.8) is 0 Å². The molecule has 0 heterocycles. The van der Waals surface area contributed by atoms with E-state index in [2.05, 4.69) is 11.9 Å². The SMILES string of the molecule is C=C(C)C(NCCC)c1cc(F)ccc1C(F)(F)F. The number of rotatable bonds is 5. The van der Waals surface area contributed by atoms with E-state index in [1.54, 1.807) is 6.92 Å². The second-order valence-corrected chi connectivity index (χ2v) is 4.46. The van der Waals surface area contributed by atoms with Gasteiger partial charge in [-0.05, 0) is 43.7 Å². The van der Waals surface area contributed by atoms with Gasteiger partial charge in [0.25, 0.3) is 0 Å². The van der Waals surface area contributed by atoms with E-state index >= 15 is 0 Å². The van der Waals surface area contributed by atoms with Crippen molar-refractivity contribution >= 4 is 0 Å². The fourth-order valence-electron chi connectivity index (χ4n) is 1.87. The maximum atomic E-state index is 13.3. The highest BCUT2D eigenvalue weighted by molar-refractivity contribution is 5.37. The summed E-state index contributed by atoms with van der Waals surface area (Å²) in [6.45, 7) is 7.74. The zero-order chi connectivity index (χ0) is 14.6. The number of benzene rings is 1. The molecule has 19 heavy (non-hydrogen) atoms. The molecule has 5 heteroatoms. The molecule has 1 aromatic carbocycles. The fraction of sp³-hybridized carbons (Fsp3) is 0.429. The molecule has 106 valence electrons. The number of nitrogens with one attached hydrogen (secondary N) is 1. The summed E-state index contributed by atoms with van der Waals surface area (Å²) in [7, 11) is 0. The molecule has 0 aliphatic rings. The predicted octanol–water partition coefficient (Wildman–Crippen LogP) is 4.46. The fourth-order valence-corrected chi connectivity index (χ4v) is 1.87. The lowest BCUT2D eigenvalue weighted by molar-refractivity contribution is -0.138. The van der Waals surface area contributed by atoms with Gasteiger partial charge in [0, 0.05) is 0 Å². The van der Waals surface area contributed by atoms with Crippen LogP contribution in [0.15, 0.2) is 30.4 Å². The van der Waals surface area contributed by atoms with Crippen LogP contribution >= 0.6 is 0 Å². The Kier molecular flexibility index (Phi) is 5.11. The smallest absolute Gasteiger partial charge is 0.307 e. The Morgan fingerprint density at radius 2 is 2.00 bits per heavy atom. The van der Waals surface area contributed by atoms with Crippen LogP contribution in [0, 0.1) is 5.82 Å². The molecule has 0 radical (unpaired) electrons. The lowest BCUT2D eigenvalue weighted by Crippen LogP contribution is -2.25. The first kappa shape index (κ1) is 15.7. The molecule has 1 unspecified atom stereocenters. The van der Waals surface area contributed by atoms with Gasteiger partial charge in [-0.15, -0.1) is 0 Å². The second kappa shape index (κ2) is 6.19. The standard InChI is InChI=1S/C14H17F4N/c1-4-7-19-13(9(2)3)11-8-10(15)5-6-12(11)14(16,17)18/h5-6,8,13,19H,2,4,7H2,1,3H3. The van der Waals surface area contributed by atoms with Gasteiger partial charge in [0.2, 0.25) is 0 Å². The highest BCUT2D eigenvalue weighted by Crippen LogP contribution is 2.36. The van der Waals surface area contributed by atoms with E-state index in [1.807, 2.05) is 6.92 Å². The molecule has 0 spiro atoms. The van der Waals surface area contributed by atoms with Crippen LogP contribution in [0.25, 0.3) is 0 Å². The molecule has 0 aliphatic heterocycles. The van der Waals surface area contributed by atoms with Crippen LogP contribution in [-0.4, -0.2) is 6.54 Å². The molecule has 1 atom stereocenters. The third-order valence-electron chi connectivity index (χ3n) is 2.72. The molecule has 0 aliphatic carbocycles. The predicted molar refractivity (Wildman–Crippen MR) is 67.3 cm³/mol. The number of alkyl halides is 3. The lowest BCUT2D eigenvalue weighted by atomic mass is 9.95. The summed E-state index contributed by atoms with van der Waals surface area (Å²) in [5.41, 5.74) is -0.427. The molecular formula is C14H17F4N. The topological polar surface area (TPSA) is 12.0 Å². The summed E-state index contributed by atoms with van der Waals surface area (Å²) < 4.78 is 52.1. The Morgan fingerprint density at radius 3 is 2.47 bits per heavy atom. The Bertz CT molecular complexity index is 451. The van der Waals surface area contributed by atoms with Crippen LogP contribution in [-0.2, 0) is 6.18 Å². The highest BCUT2D eigenvalue weighted by Gasteiger charge is 2.35. The Morgan fingerprint density at radius 1 is 1.37 bits per heavy atom. The largest absolute Gasteiger partial charge is 0.416 e. The molecule has 0 bridgehead atoms. The molecule has 1 N–H and O–H groups in total. The van der Waals surface area contributed by atoms with Crippen molar-refractivity contribution < 1.29 is 17.6 Å². The van der Waals surface area contributed by atoms with Crippen LogP contribution in [0.3, 0.4) is 0 Å². The van der Waals surface area contributed by atoms with Gasteiger partial charge in [-0.2, -0.15) is 13.2 Å². The molecule has 0 fully saturated rings. The van der Waals surface area contributed by atoms with E-state index in [4.69, 9.17) is 0 Å².